The molecule has 0 saturated heterocycles. The van der Waals surface area contributed by atoms with Gasteiger partial charge in [-0.1, -0.05) is 12.2 Å². The summed E-state index contributed by atoms with van der Waals surface area (Å²) in [4.78, 5) is 11.9. The molecule has 1 aliphatic carbocycles. The maximum Gasteiger partial charge on any atom is 0.344 e. The highest BCUT2D eigenvalue weighted by atomic mass is 31.2. The van der Waals surface area contributed by atoms with Crippen molar-refractivity contribution in [1.82, 2.24) is 0 Å². The van der Waals surface area contributed by atoms with Crippen LogP contribution in [0, 0.1) is 5.92 Å². The first-order valence-corrected chi connectivity index (χ1v) is 7.73. The summed E-state index contributed by atoms with van der Waals surface area (Å²) < 4.78 is 27.2. The molecule has 0 aromatic heterocycles. The number of carbonyl (C=O) groups excluding carboxylic acids is 1. The van der Waals surface area contributed by atoms with E-state index in [1.54, 1.807) is 6.92 Å². The molecule has 5 nitrogen and oxygen atoms in total. The molecule has 0 aromatic carbocycles. The first kappa shape index (κ1) is 15.4. The summed E-state index contributed by atoms with van der Waals surface area (Å²) in [5.41, 5.74) is -0.847. The minimum absolute atomic E-state index is 0.234. The van der Waals surface area contributed by atoms with Crippen molar-refractivity contribution in [2.75, 3.05) is 20.8 Å². The third-order valence-electron chi connectivity index (χ3n) is 3.09. The minimum Gasteiger partial charge on any atom is -0.465 e. The molecule has 104 valence electrons. The highest BCUT2D eigenvalue weighted by Crippen LogP contribution is 2.54. The van der Waals surface area contributed by atoms with Crippen LogP contribution in [0.1, 0.15) is 26.2 Å². The molecule has 0 saturated carbocycles. The Morgan fingerprint density at radius 1 is 1.44 bits per heavy atom. The highest BCUT2D eigenvalue weighted by molar-refractivity contribution is 7.55. The Bertz CT molecular complexity index is 344. The molecular formula is C12H21O5P. The Balaban J connectivity index is 2.82. The van der Waals surface area contributed by atoms with Crippen molar-refractivity contribution in [3.05, 3.63) is 12.2 Å². The van der Waals surface area contributed by atoms with Crippen LogP contribution in [-0.4, -0.2) is 32.5 Å². The molecule has 2 unspecified atom stereocenters. The van der Waals surface area contributed by atoms with E-state index in [0.29, 0.717) is 6.42 Å². The van der Waals surface area contributed by atoms with E-state index in [1.807, 2.05) is 6.08 Å². The van der Waals surface area contributed by atoms with E-state index in [-0.39, 0.29) is 12.5 Å². The number of carbonyl (C=O) groups is 1. The summed E-state index contributed by atoms with van der Waals surface area (Å²) >= 11 is 0. The lowest BCUT2D eigenvalue weighted by atomic mass is 10.0. The second kappa shape index (κ2) is 7.07. The molecule has 0 amide bonds. The molecule has 2 atom stereocenters. The highest BCUT2D eigenvalue weighted by Gasteiger charge is 2.42. The largest absolute Gasteiger partial charge is 0.465 e. The molecule has 0 aliphatic heterocycles. The average molecular weight is 276 g/mol. The predicted octanol–water partition coefficient (Wildman–Crippen LogP) is 2.76. The second-order valence-electron chi connectivity index (χ2n) is 4.17. The van der Waals surface area contributed by atoms with Crippen molar-refractivity contribution in [2.24, 2.45) is 5.92 Å². The minimum atomic E-state index is -3.44. The van der Waals surface area contributed by atoms with Crippen LogP contribution in [0.15, 0.2) is 12.2 Å². The van der Waals surface area contributed by atoms with E-state index in [9.17, 15) is 9.36 Å². The number of allylic oxidation sites excluding steroid dienone is 2. The third-order valence-corrected chi connectivity index (χ3v) is 5.29. The van der Waals surface area contributed by atoms with Crippen LogP contribution in [0.2, 0.25) is 0 Å². The molecule has 0 radical (unpaired) electrons. The molecule has 0 heterocycles. The van der Waals surface area contributed by atoms with Gasteiger partial charge in [0.25, 0.3) is 0 Å². The van der Waals surface area contributed by atoms with E-state index in [4.69, 9.17) is 13.8 Å². The van der Waals surface area contributed by atoms with Crippen LogP contribution in [-0.2, 0) is 23.1 Å². The zero-order valence-electron chi connectivity index (χ0n) is 11.1. The summed E-state index contributed by atoms with van der Waals surface area (Å²) in [7, 11) is -0.853. The lowest BCUT2D eigenvalue weighted by molar-refractivity contribution is -0.143. The SMILES string of the molecule is CCOC(=O)C(CC1C=CCC1)P(=O)(OC)OC. The van der Waals surface area contributed by atoms with Gasteiger partial charge in [-0.05, 0) is 32.1 Å². The lowest BCUT2D eigenvalue weighted by Crippen LogP contribution is -2.27. The Hall–Kier alpha value is -0.640. The molecule has 0 aromatic rings. The maximum absolute atomic E-state index is 12.4. The van der Waals surface area contributed by atoms with E-state index in [1.165, 1.54) is 14.2 Å². The fraction of sp³-hybridized carbons (Fsp3) is 0.750. The Kier molecular flexibility index (Phi) is 6.06. The fourth-order valence-corrected chi connectivity index (χ4v) is 3.62. The Labute approximate surface area is 108 Å². The van der Waals surface area contributed by atoms with Gasteiger partial charge in [0, 0.05) is 14.2 Å². The quantitative estimate of drug-likeness (QED) is 0.406. The standard InChI is InChI=1S/C12H21O5P/c1-4-17-12(13)11(18(14,15-2)16-3)9-10-7-5-6-8-10/h5,7,10-11H,4,6,8-9H2,1-3H3. The lowest BCUT2D eigenvalue weighted by Gasteiger charge is -2.24. The van der Waals surface area contributed by atoms with Crippen LogP contribution >= 0.6 is 7.60 Å². The molecule has 0 N–H and O–H groups in total. The topological polar surface area (TPSA) is 61.8 Å². The smallest absolute Gasteiger partial charge is 0.344 e. The monoisotopic (exact) mass is 276 g/mol. The first-order valence-electron chi connectivity index (χ1n) is 6.11. The van der Waals surface area contributed by atoms with Gasteiger partial charge in [0.1, 0.15) is 0 Å². The van der Waals surface area contributed by atoms with Crippen LogP contribution < -0.4 is 0 Å². The summed E-state index contributed by atoms with van der Waals surface area (Å²) in [6.45, 7) is 1.97. The van der Waals surface area contributed by atoms with Gasteiger partial charge >= 0.3 is 13.6 Å². The van der Waals surface area contributed by atoms with Crippen LogP contribution in [0.4, 0.5) is 0 Å². The predicted molar refractivity (Wildman–Crippen MR) is 68.5 cm³/mol. The van der Waals surface area contributed by atoms with Gasteiger partial charge in [0.05, 0.1) is 6.61 Å². The van der Waals surface area contributed by atoms with Crippen molar-refractivity contribution in [2.45, 2.75) is 31.8 Å². The molecule has 18 heavy (non-hydrogen) atoms. The molecule has 0 bridgehead atoms. The molecular weight excluding hydrogens is 255 g/mol. The van der Waals surface area contributed by atoms with Crippen molar-refractivity contribution < 1.29 is 23.1 Å². The number of esters is 1. The molecule has 1 rings (SSSR count). The van der Waals surface area contributed by atoms with Crippen LogP contribution in [0.3, 0.4) is 0 Å². The fourth-order valence-electron chi connectivity index (χ4n) is 2.10. The molecule has 0 fully saturated rings. The summed E-state index contributed by atoms with van der Waals surface area (Å²) in [6, 6.07) is 0. The third kappa shape index (κ3) is 3.67. The van der Waals surface area contributed by atoms with Gasteiger partial charge in [-0.25, -0.2) is 0 Å². The van der Waals surface area contributed by atoms with Gasteiger partial charge in [-0.3, -0.25) is 9.36 Å². The van der Waals surface area contributed by atoms with Gasteiger partial charge < -0.3 is 13.8 Å². The van der Waals surface area contributed by atoms with E-state index in [0.717, 1.165) is 12.8 Å². The van der Waals surface area contributed by atoms with Crippen molar-refractivity contribution in [3.63, 3.8) is 0 Å². The van der Waals surface area contributed by atoms with Crippen LogP contribution in [0.5, 0.6) is 0 Å². The maximum atomic E-state index is 12.4. The van der Waals surface area contributed by atoms with Crippen LogP contribution in [0.25, 0.3) is 0 Å². The van der Waals surface area contributed by atoms with Gasteiger partial charge in [-0.15, -0.1) is 0 Å². The molecule has 1 aliphatic rings. The number of rotatable bonds is 7. The van der Waals surface area contributed by atoms with Crippen molar-refractivity contribution >= 4 is 13.6 Å². The van der Waals surface area contributed by atoms with Gasteiger partial charge in [-0.2, -0.15) is 0 Å². The molecule has 0 spiro atoms. The zero-order valence-corrected chi connectivity index (χ0v) is 12.0. The van der Waals surface area contributed by atoms with E-state index < -0.39 is 19.2 Å². The normalized spacial score (nSPS) is 20.9. The first-order chi connectivity index (χ1) is 8.57. The number of hydrogen-bond donors (Lipinski definition) is 0. The van der Waals surface area contributed by atoms with Gasteiger partial charge in [0.2, 0.25) is 0 Å². The van der Waals surface area contributed by atoms with Crippen molar-refractivity contribution in [3.8, 4) is 0 Å². The number of hydrogen-bond acceptors (Lipinski definition) is 5. The Morgan fingerprint density at radius 2 is 2.11 bits per heavy atom. The molecule has 6 heteroatoms. The summed E-state index contributed by atoms with van der Waals surface area (Å²) in [6.07, 6.45) is 6.50. The second-order valence-corrected chi connectivity index (χ2v) is 6.61. The number of ether oxygens (including phenoxy) is 1. The zero-order chi connectivity index (χ0) is 13.6. The van der Waals surface area contributed by atoms with E-state index in [2.05, 4.69) is 6.08 Å². The van der Waals surface area contributed by atoms with E-state index >= 15 is 0 Å². The van der Waals surface area contributed by atoms with Gasteiger partial charge in [0.15, 0.2) is 5.66 Å². The Morgan fingerprint density at radius 3 is 2.56 bits per heavy atom. The van der Waals surface area contributed by atoms with Crippen molar-refractivity contribution in [1.29, 1.82) is 0 Å². The summed E-state index contributed by atoms with van der Waals surface area (Å²) in [5, 5.41) is 0. The average Bonchev–Trinajstić information content (AvgIpc) is 2.88. The summed E-state index contributed by atoms with van der Waals surface area (Å²) in [5.74, 6) is -0.275.